The number of nitrogens with zero attached hydrogens (tertiary/aromatic N) is 3. The molecule has 1 saturated heterocycles. The Labute approximate surface area is 133 Å². The molecular weight excluding hydrogens is 298 g/mol. The normalized spacial score (nSPS) is 15.4. The van der Waals surface area contributed by atoms with Gasteiger partial charge >= 0.3 is 5.69 Å². The fourth-order valence-corrected chi connectivity index (χ4v) is 3.82. The molecule has 1 amide bonds. The minimum Gasteiger partial charge on any atom is -0.339 e. The first kappa shape index (κ1) is 15.2. The van der Waals surface area contributed by atoms with Crippen molar-refractivity contribution in [1.29, 1.82) is 0 Å². The number of aryl methyl sites for hydroxylation is 1. The van der Waals surface area contributed by atoms with E-state index in [1.54, 1.807) is 9.13 Å². The fourth-order valence-electron chi connectivity index (χ4n) is 2.91. The van der Waals surface area contributed by atoms with Crippen molar-refractivity contribution in [3.05, 3.63) is 34.7 Å². The molecule has 0 atom stereocenters. The molecular formula is C16H21N3O2S. The van der Waals surface area contributed by atoms with Gasteiger partial charge in [0.25, 0.3) is 0 Å². The van der Waals surface area contributed by atoms with Gasteiger partial charge in [-0.1, -0.05) is 19.1 Å². The first-order chi connectivity index (χ1) is 10.7. The summed E-state index contributed by atoms with van der Waals surface area (Å²) in [6, 6.07) is 7.71. The number of benzene rings is 1. The van der Waals surface area contributed by atoms with Crippen LogP contribution in [-0.4, -0.2) is 44.5 Å². The minimum atomic E-state index is -0.0808. The summed E-state index contributed by atoms with van der Waals surface area (Å²) >= 11 is 1.87. The molecule has 1 aromatic heterocycles. The van der Waals surface area contributed by atoms with E-state index < -0.39 is 0 Å². The zero-order valence-electron chi connectivity index (χ0n) is 12.8. The van der Waals surface area contributed by atoms with Crippen molar-refractivity contribution in [3.63, 3.8) is 0 Å². The second-order valence-electron chi connectivity index (χ2n) is 5.50. The Balaban J connectivity index is 1.94. The predicted molar refractivity (Wildman–Crippen MR) is 90.4 cm³/mol. The van der Waals surface area contributed by atoms with Gasteiger partial charge < -0.3 is 4.90 Å². The van der Waals surface area contributed by atoms with E-state index in [1.807, 2.05) is 40.9 Å². The van der Waals surface area contributed by atoms with Crippen molar-refractivity contribution in [2.45, 2.75) is 26.4 Å². The Kier molecular flexibility index (Phi) is 4.57. The largest absolute Gasteiger partial charge is 0.339 e. The molecule has 1 aliphatic rings. The Bertz CT molecular complexity index is 729. The summed E-state index contributed by atoms with van der Waals surface area (Å²) in [7, 11) is 0. The number of rotatable bonds is 4. The lowest BCUT2D eigenvalue weighted by molar-refractivity contribution is -0.131. The lowest BCUT2D eigenvalue weighted by atomic mass is 10.3. The maximum Gasteiger partial charge on any atom is 0.329 e. The topological polar surface area (TPSA) is 47.2 Å². The maximum atomic E-state index is 12.6. The number of imidazole rings is 1. The van der Waals surface area contributed by atoms with Gasteiger partial charge in [-0.3, -0.25) is 13.9 Å². The van der Waals surface area contributed by atoms with Crippen molar-refractivity contribution in [1.82, 2.24) is 14.0 Å². The second kappa shape index (κ2) is 6.60. The third-order valence-electron chi connectivity index (χ3n) is 4.03. The van der Waals surface area contributed by atoms with Crippen LogP contribution in [0.15, 0.2) is 29.1 Å². The van der Waals surface area contributed by atoms with Crippen LogP contribution in [0.25, 0.3) is 11.0 Å². The standard InChI is InChI=1S/C16H21N3O2S/c1-2-7-18-13-5-3-4-6-14(13)19(16(18)21)12-15(20)17-8-10-22-11-9-17/h3-6H,2,7-12H2,1H3. The number of fused-ring (bicyclic) bond motifs is 1. The SMILES string of the molecule is CCCn1c(=O)n(CC(=O)N2CCSCC2)c2ccccc21. The van der Waals surface area contributed by atoms with Crippen molar-refractivity contribution < 1.29 is 4.79 Å². The van der Waals surface area contributed by atoms with E-state index in [4.69, 9.17) is 0 Å². The molecule has 0 radical (unpaired) electrons. The molecule has 1 aromatic carbocycles. The van der Waals surface area contributed by atoms with E-state index in [2.05, 4.69) is 6.92 Å². The maximum absolute atomic E-state index is 12.6. The number of thioether (sulfide) groups is 1. The summed E-state index contributed by atoms with van der Waals surface area (Å²) in [6.07, 6.45) is 0.894. The number of carbonyl (C=O) groups excluding carboxylic acids is 1. The van der Waals surface area contributed by atoms with Crippen molar-refractivity contribution >= 4 is 28.7 Å². The van der Waals surface area contributed by atoms with Crippen LogP contribution in [-0.2, 0) is 17.9 Å². The van der Waals surface area contributed by atoms with Gasteiger partial charge in [0.1, 0.15) is 6.54 Å². The third-order valence-corrected chi connectivity index (χ3v) is 4.97. The number of amides is 1. The van der Waals surface area contributed by atoms with E-state index >= 15 is 0 Å². The molecule has 0 saturated carbocycles. The van der Waals surface area contributed by atoms with E-state index in [1.165, 1.54) is 0 Å². The highest BCUT2D eigenvalue weighted by Gasteiger charge is 2.20. The van der Waals surface area contributed by atoms with Gasteiger partial charge in [-0.15, -0.1) is 0 Å². The van der Waals surface area contributed by atoms with Crippen LogP contribution in [0, 0.1) is 0 Å². The number of hydrogen-bond donors (Lipinski definition) is 0. The summed E-state index contributed by atoms with van der Waals surface area (Å²) in [5.41, 5.74) is 1.68. The molecule has 6 heteroatoms. The first-order valence-electron chi connectivity index (χ1n) is 7.76. The molecule has 2 heterocycles. The van der Waals surface area contributed by atoms with Crippen LogP contribution in [0.5, 0.6) is 0 Å². The summed E-state index contributed by atoms with van der Waals surface area (Å²) < 4.78 is 3.39. The van der Waals surface area contributed by atoms with Crippen LogP contribution in [0.4, 0.5) is 0 Å². The molecule has 0 N–H and O–H groups in total. The number of aromatic nitrogens is 2. The second-order valence-corrected chi connectivity index (χ2v) is 6.73. The smallest absolute Gasteiger partial charge is 0.329 e. The highest BCUT2D eigenvalue weighted by atomic mass is 32.2. The summed E-state index contributed by atoms with van der Waals surface area (Å²) in [4.78, 5) is 27.0. The zero-order chi connectivity index (χ0) is 15.5. The quantitative estimate of drug-likeness (QED) is 0.863. The molecule has 5 nitrogen and oxygen atoms in total. The third kappa shape index (κ3) is 2.79. The van der Waals surface area contributed by atoms with Crippen LogP contribution < -0.4 is 5.69 Å². The van der Waals surface area contributed by atoms with Gasteiger partial charge in [-0.05, 0) is 18.6 Å². The van der Waals surface area contributed by atoms with Gasteiger partial charge in [0.2, 0.25) is 5.91 Å². The number of carbonyl (C=O) groups is 1. The van der Waals surface area contributed by atoms with E-state index in [9.17, 15) is 9.59 Å². The van der Waals surface area contributed by atoms with Gasteiger partial charge in [0, 0.05) is 31.1 Å². The Morgan fingerprint density at radius 1 is 1.14 bits per heavy atom. The van der Waals surface area contributed by atoms with Crippen molar-refractivity contribution in [2.24, 2.45) is 0 Å². The van der Waals surface area contributed by atoms with E-state index in [-0.39, 0.29) is 18.1 Å². The van der Waals surface area contributed by atoms with E-state index in [0.29, 0.717) is 6.54 Å². The van der Waals surface area contributed by atoms with Gasteiger partial charge in [-0.2, -0.15) is 11.8 Å². The molecule has 3 rings (SSSR count). The predicted octanol–water partition coefficient (Wildman–Crippen LogP) is 1.79. The Morgan fingerprint density at radius 2 is 1.77 bits per heavy atom. The lowest BCUT2D eigenvalue weighted by Crippen LogP contribution is -2.41. The molecule has 1 fully saturated rings. The zero-order valence-corrected chi connectivity index (χ0v) is 13.6. The number of hydrogen-bond acceptors (Lipinski definition) is 3. The molecule has 0 unspecified atom stereocenters. The Hall–Kier alpha value is -1.69. The van der Waals surface area contributed by atoms with Gasteiger partial charge in [-0.25, -0.2) is 4.79 Å². The molecule has 0 spiro atoms. The molecule has 0 bridgehead atoms. The minimum absolute atomic E-state index is 0.0433. The monoisotopic (exact) mass is 319 g/mol. The van der Waals surface area contributed by atoms with Crippen molar-refractivity contribution in [3.8, 4) is 0 Å². The molecule has 0 aliphatic carbocycles. The molecule has 22 heavy (non-hydrogen) atoms. The van der Waals surface area contributed by atoms with Gasteiger partial charge in [0.05, 0.1) is 11.0 Å². The summed E-state index contributed by atoms with van der Waals surface area (Å²) in [5, 5.41) is 0. The summed E-state index contributed by atoms with van der Waals surface area (Å²) in [5.74, 6) is 2.01. The average molecular weight is 319 g/mol. The highest BCUT2D eigenvalue weighted by Crippen LogP contribution is 2.14. The molecule has 1 aliphatic heterocycles. The van der Waals surface area contributed by atoms with Crippen molar-refractivity contribution in [2.75, 3.05) is 24.6 Å². The van der Waals surface area contributed by atoms with E-state index in [0.717, 1.165) is 42.0 Å². The average Bonchev–Trinajstić information content (AvgIpc) is 2.82. The van der Waals surface area contributed by atoms with Crippen LogP contribution in [0.2, 0.25) is 0 Å². The first-order valence-corrected chi connectivity index (χ1v) is 8.91. The number of para-hydroxylation sites is 2. The Morgan fingerprint density at radius 3 is 2.41 bits per heavy atom. The fraction of sp³-hybridized carbons (Fsp3) is 0.500. The lowest BCUT2D eigenvalue weighted by Gasteiger charge is -2.26. The summed E-state index contributed by atoms with van der Waals surface area (Å²) in [6.45, 7) is 4.44. The van der Waals surface area contributed by atoms with Crippen LogP contribution >= 0.6 is 11.8 Å². The van der Waals surface area contributed by atoms with Crippen LogP contribution in [0.3, 0.4) is 0 Å². The van der Waals surface area contributed by atoms with Crippen LogP contribution in [0.1, 0.15) is 13.3 Å². The highest BCUT2D eigenvalue weighted by molar-refractivity contribution is 7.99. The van der Waals surface area contributed by atoms with Gasteiger partial charge in [0.15, 0.2) is 0 Å². The molecule has 118 valence electrons. The molecule has 2 aromatic rings.